The molecular formula is C22H22BrN7O. The molecule has 0 saturated carbocycles. The molecule has 3 aromatic heterocycles. The largest absolute Gasteiger partial charge is 0.357 e. The zero-order valence-corrected chi connectivity index (χ0v) is 18.5. The summed E-state index contributed by atoms with van der Waals surface area (Å²) in [6.45, 7) is 3.13. The molecular weight excluding hydrogens is 458 g/mol. The number of hydrogen-bond donors (Lipinski definition) is 1. The van der Waals surface area contributed by atoms with Crippen molar-refractivity contribution in [2.75, 3.05) is 24.5 Å². The summed E-state index contributed by atoms with van der Waals surface area (Å²) in [5.74, 6) is 1.27. The summed E-state index contributed by atoms with van der Waals surface area (Å²) < 4.78 is 2.76. The van der Waals surface area contributed by atoms with Crippen LogP contribution < -0.4 is 4.90 Å². The van der Waals surface area contributed by atoms with Crippen molar-refractivity contribution < 1.29 is 4.79 Å². The molecule has 1 N–H and O–H groups in total. The van der Waals surface area contributed by atoms with E-state index >= 15 is 0 Å². The number of piperidine rings is 1. The Balaban J connectivity index is 1.15. The van der Waals surface area contributed by atoms with Gasteiger partial charge in [-0.2, -0.15) is 4.52 Å². The topological polar surface area (TPSA) is 82.4 Å². The Morgan fingerprint density at radius 3 is 2.87 bits per heavy atom. The number of nitrogens with zero attached hydrogens (tertiary/aromatic N) is 6. The predicted molar refractivity (Wildman–Crippen MR) is 121 cm³/mol. The molecule has 158 valence electrons. The second-order valence-corrected chi connectivity index (χ2v) is 9.20. The van der Waals surface area contributed by atoms with E-state index in [-0.39, 0.29) is 11.8 Å². The van der Waals surface area contributed by atoms with Gasteiger partial charge in [0.2, 0.25) is 5.91 Å². The molecule has 1 aromatic carbocycles. The summed E-state index contributed by atoms with van der Waals surface area (Å²) in [5, 5.41) is 13.7. The molecule has 6 rings (SSSR count). The highest BCUT2D eigenvalue weighted by Gasteiger charge is 2.32. The van der Waals surface area contributed by atoms with Crippen LogP contribution in [0.25, 0.3) is 16.6 Å². The first-order valence-electron chi connectivity index (χ1n) is 10.7. The summed E-state index contributed by atoms with van der Waals surface area (Å²) in [6, 6.07) is 10.2. The Kier molecular flexibility index (Phi) is 4.45. The van der Waals surface area contributed by atoms with E-state index in [0.29, 0.717) is 6.54 Å². The van der Waals surface area contributed by atoms with Gasteiger partial charge in [0.25, 0.3) is 0 Å². The Morgan fingerprint density at radius 1 is 1.13 bits per heavy atom. The number of aromatic nitrogens is 5. The molecule has 0 atom stereocenters. The van der Waals surface area contributed by atoms with Crippen LogP contribution in [-0.2, 0) is 17.8 Å². The maximum absolute atomic E-state index is 13.3. The number of amides is 1. The second-order valence-electron chi connectivity index (χ2n) is 8.34. The van der Waals surface area contributed by atoms with Crippen LogP contribution in [-0.4, -0.2) is 55.2 Å². The molecule has 9 heteroatoms. The predicted octanol–water partition coefficient (Wildman–Crippen LogP) is 3.17. The first-order chi connectivity index (χ1) is 15.2. The van der Waals surface area contributed by atoms with Crippen molar-refractivity contribution in [2.45, 2.75) is 25.8 Å². The van der Waals surface area contributed by atoms with Gasteiger partial charge in [-0.05, 0) is 47.0 Å². The third kappa shape index (κ3) is 3.18. The van der Waals surface area contributed by atoms with Crippen LogP contribution in [0.3, 0.4) is 0 Å². The Labute approximate surface area is 187 Å². The third-order valence-corrected chi connectivity index (χ3v) is 7.25. The van der Waals surface area contributed by atoms with Gasteiger partial charge < -0.3 is 14.8 Å². The molecule has 5 heterocycles. The number of rotatable bonds is 2. The van der Waals surface area contributed by atoms with Crippen molar-refractivity contribution in [2.24, 2.45) is 5.92 Å². The van der Waals surface area contributed by atoms with Gasteiger partial charge in [-0.3, -0.25) is 4.79 Å². The van der Waals surface area contributed by atoms with Crippen LogP contribution >= 0.6 is 15.9 Å². The number of nitrogens with one attached hydrogen (secondary N) is 1. The van der Waals surface area contributed by atoms with Crippen LogP contribution in [0.15, 0.2) is 41.1 Å². The number of carbonyl (C=O) groups is 1. The SMILES string of the molecule is O=C(C1CCN(c2ccc3nncn3n2)CC1)N1CCc2[nH]c3c(Br)cccc3c2C1. The summed E-state index contributed by atoms with van der Waals surface area (Å²) in [6.07, 6.45) is 4.19. The van der Waals surface area contributed by atoms with Gasteiger partial charge >= 0.3 is 0 Å². The number of carbonyl (C=O) groups excluding carboxylic acids is 1. The van der Waals surface area contributed by atoms with Gasteiger partial charge in [-0.1, -0.05) is 12.1 Å². The number of H-pyrrole nitrogens is 1. The number of fused-ring (bicyclic) bond motifs is 4. The lowest BCUT2D eigenvalue weighted by molar-refractivity contribution is -0.137. The smallest absolute Gasteiger partial charge is 0.226 e. The molecule has 0 bridgehead atoms. The number of para-hydroxylation sites is 1. The Morgan fingerprint density at radius 2 is 2.00 bits per heavy atom. The maximum Gasteiger partial charge on any atom is 0.226 e. The molecule has 4 aromatic rings. The fourth-order valence-electron chi connectivity index (χ4n) is 4.89. The highest BCUT2D eigenvalue weighted by molar-refractivity contribution is 9.10. The summed E-state index contributed by atoms with van der Waals surface area (Å²) in [5.41, 5.74) is 4.39. The summed E-state index contributed by atoms with van der Waals surface area (Å²) in [4.78, 5) is 21.2. The zero-order valence-electron chi connectivity index (χ0n) is 17.0. The van der Waals surface area contributed by atoms with Gasteiger partial charge in [-0.15, -0.1) is 15.3 Å². The fourth-order valence-corrected chi connectivity index (χ4v) is 5.36. The van der Waals surface area contributed by atoms with E-state index < -0.39 is 0 Å². The molecule has 1 fully saturated rings. The highest BCUT2D eigenvalue weighted by atomic mass is 79.9. The zero-order chi connectivity index (χ0) is 20.9. The van der Waals surface area contributed by atoms with E-state index in [1.165, 1.54) is 16.6 Å². The number of halogens is 1. The Hall–Kier alpha value is -2.94. The average Bonchev–Trinajstić information content (AvgIpc) is 3.43. The van der Waals surface area contributed by atoms with Gasteiger partial charge in [0.05, 0.1) is 5.52 Å². The molecule has 1 saturated heterocycles. The Bertz CT molecular complexity index is 1290. The molecule has 0 unspecified atom stereocenters. The van der Waals surface area contributed by atoms with Crippen LogP contribution in [0.1, 0.15) is 24.1 Å². The van der Waals surface area contributed by atoms with E-state index in [2.05, 4.69) is 64.2 Å². The van der Waals surface area contributed by atoms with Gasteiger partial charge in [0.1, 0.15) is 12.1 Å². The molecule has 1 amide bonds. The first-order valence-corrected chi connectivity index (χ1v) is 11.5. The molecule has 2 aliphatic rings. The van der Waals surface area contributed by atoms with Gasteiger partial charge in [0.15, 0.2) is 5.65 Å². The monoisotopic (exact) mass is 479 g/mol. The normalized spacial score (nSPS) is 17.5. The minimum Gasteiger partial charge on any atom is -0.357 e. The van der Waals surface area contributed by atoms with Gasteiger partial charge in [0, 0.05) is 59.6 Å². The quantitative estimate of drug-likeness (QED) is 0.477. The molecule has 2 aliphatic heterocycles. The fraction of sp³-hybridized carbons (Fsp3) is 0.364. The first kappa shape index (κ1) is 18.8. The lowest BCUT2D eigenvalue weighted by Crippen LogP contribution is -2.44. The lowest BCUT2D eigenvalue weighted by Gasteiger charge is -2.36. The maximum atomic E-state index is 13.3. The summed E-state index contributed by atoms with van der Waals surface area (Å²) >= 11 is 3.64. The third-order valence-electron chi connectivity index (χ3n) is 6.59. The van der Waals surface area contributed by atoms with E-state index in [9.17, 15) is 4.79 Å². The van der Waals surface area contributed by atoms with E-state index in [1.54, 1.807) is 10.8 Å². The lowest BCUT2D eigenvalue weighted by atomic mass is 9.94. The van der Waals surface area contributed by atoms with E-state index in [4.69, 9.17) is 0 Å². The summed E-state index contributed by atoms with van der Waals surface area (Å²) in [7, 11) is 0. The molecule has 0 spiro atoms. The van der Waals surface area contributed by atoms with Crippen molar-refractivity contribution >= 4 is 44.2 Å². The van der Waals surface area contributed by atoms with Crippen LogP contribution in [0.4, 0.5) is 5.82 Å². The highest BCUT2D eigenvalue weighted by Crippen LogP contribution is 2.33. The second kappa shape index (κ2) is 7.33. The van der Waals surface area contributed by atoms with Crippen molar-refractivity contribution in [1.29, 1.82) is 0 Å². The average molecular weight is 480 g/mol. The van der Waals surface area contributed by atoms with Crippen molar-refractivity contribution in [1.82, 2.24) is 29.7 Å². The number of anilines is 1. The van der Waals surface area contributed by atoms with Gasteiger partial charge in [-0.25, -0.2) is 0 Å². The molecule has 0 aliphatic carbocycles. The van der Waals surface area contributed by atoms with E-state index in [1.807, 2.05) is 12.1 Å². The van der Waals surface area contributed by atoms with Crippen LogP contribution in [0.2, 0.25) is 0 Å². The minimum absolute atomic E-state index is 0.0772. The molecule has 31 heavy (non-hydrogen) atoms. The van der Waals surface area contributed by atoms with Crippen LogP contribution in [0.5, 0.6) is 0 Å². The minimum atomic E-state index is 0.0772. The van der Waals surface area contributed by atoms with Crippen molar-refractivity contribution in [3.63, 3.8) is 0 Å². The number of aromatic amines is 1. The van der Waals surface area contributed by atoms with Crippen LogP contribution in [0, 0.1) is 5.92 Å². The number of hydrogen-bond acceptors (Lipinski definition) is 5. The number of benzene rings is 1. The standard InChI is InChI=1S/C22H22BrN7O/c23-17-3-1-2-15-16-12-29(11-8-18(16)25-21(15)17)22(31)14-6-9-28(10-7-14)20-5-4-19-26-24-13-30(19)27-20/h1-5,13-14,25H,6-12H2. The molecule has 0 radical (unpaired) electrons. The van der Waals surface area contributed by atoms with Crippen molar-refractivity contribution in [3.05, 3.63) is 52.4 Å². The molecule has 8 nitrogen and oxygen atoms in total. The van der Waals surface area contributed by atoms with E-state index in [0.717, 1.165) is 60.4 Å². The van der Waals surface area contributed by atoms with Crippen molar-refractivity contribution in [3.8, 4) is 0 Å².